The Morgan fingerprint density at radius 1 is 1.55 bits per heavy atom. The second-order valence-corrected chi connectivity index (χ2v) is 4.83. The summed E-state index contributed by atoms with van der Waals surface area (Å²) >= 11 is 6.00. The highest BCUT2D eigenvalue weighted by Crippen LogP contribution is 2.31. The Hall–Kier alpha value is -1.79. The minimum absolute atomic E-state index is 0.0207. The minimum atomic E-state index is -0.711. The maximum absolute atomic E-state index is 12.1. The molecule has 0 aromatic heterocycles. The van der Waals surface area contributed by atoms with Gasteiger partial charge in [0.15, 0.2) is 0 Å². The molecule has 2 rings (SSSR count). The van der Waals surface area contributed by atoms with Gasteiger partial charge in [-0.2, -0.15) is 0 Å². The molecule has 7 heteroatoms. The van der Waals surface area contributed by atoms with Crippen LogP contribution in [0.15, 0.2) is 12.1 Å². The van der Waals surface area contributed by atoms with E-state index < -0.39 is 6.04 Å². The molecule has 108 valence electrons. The minimum Gasteiger partial charge on any atom is -0.495 e. The predicted molar refractivity (Wildman–Crippen MR) is 74.1 cm³/mol. The first kappa shape index (κ1) is 14.6. The van der Waals surface area contributed by atoms with Gasteiger partial charge in [-0.15, -0.1) is 0 Å². The van der Waals surface area contributed by atoms with Gasteiger partial charge in [0, 0.05) is 11.1 Å². The average Bonchev–Trinajstić information content (AvgIpc) is 2.42. The molecule has 0 saturated carbocycles. The Labute approximate surface area is 121 Å². The second kappa shape index (κ2) is 6.11. The lowest BCUT2D eigenvalue weighted by Crippen LogP contribution is -2.52. The monoisotopic (exact) mass is 298 g/mol. The summed E-state index contributed by atoms with van der Waals surface area (Å²) in [7, 11) is 1.49. The molecule has 0 spiro atoms. The molecule has 1 aliphatic rings. The van der Waals surface area contributed by atoms with Crippen molar-refractivity contribution in [1.82, 2.24) is 5.32 Å². The van der Waals surface area contributed by atoms with E-state index in [0.717, 1.165) is 5.56 Å². The van der Waals surface area contributed by atoms with Gasteiger partial charge in [-0.05, 0) is 18.6 Å². The summed E-state index contributed by atoms with van der Waals surface area (Å²) in [5.74, 6) is -0.217. The molecule has 20 heavy (non-hydrogen) atoms. The van der Waals surface area contributed by atoms with Gasteiger partial charge in [-0.25, -0.2) is 0 Å². The Bertz CT molecular complexity index is 547. The number of methoxy groups -OCH3 is 1. The zero-order valence-electron chi connectivity index (χ0n) is 11.2. The molecule has 6 nitrogen and oxygen atoms in total. The van der Waals surface area contributed by atoms with Crippen LogP contribution >= 0.6 is 11.6 Å². The third kappa shape index (κ3) is 3.20. The largest absolute Gasteiger partial charge is 0.495 e. The number of nitrogens with one attached hydrogen (secondary N) is 2. The smallest absolute Gasteiger partial charge is 0.249 e. The number of benzene rings is 1. The van der Waals surface area contributed by atoms with Crippen molar-refractivity contribution in [2.24, 2.45) is 0 Å². The SMILES string of the molecule is COc1cc(Cl)c(C)cc1NC(=O)C1COCC(=O)N1. The number of hydrogen-bond donors (Lipinski definition) is 2. The first-order chi connectivity index (χ1) is 9.51. The fourth-order valence-corrected chi connectivity index (χ4v) is 1.99. The van der Waals surface area contributed by atoms with Crippen LogP contribution in [0.25, 0.3) is 0 Å². The van der Waals surface area contributed by atoms with Crippen LogP contribution in [-0.2, 0) is 14.3 Å². The van der Waals surface area contributed by atoms with Crippen molar-refractivity contribution in [1.29, 1.82) is 0 Å². The maximum atomic E-state index is 12.1. The van der Waals surface area contributed by atoms with Gasteiger partial charge in [0.25, 0.3) is 0 Å². The Morgan fingerprint density at radius 2 is 2.30 bits per heavy atom. The van der Waals surface area contributed by atoms with Gasteiger partial charge in [0.2, 0.25) is 11.8 Å². The van der Waals surface area contributed by atoms with E-state index in [1.165, 1.54) is 7.11 Å². The number of hydrogen-bond acceptors (Lipinski definition) is 4. The lowest BCUT2D eigenvalue weighted by atomic mass is 10.2. The molecule has 0 aliphatic carbocycles. The van der Waals surface area contributed by atoms with Crippen molar-refractivity contribution in [3.05, 3.63) is 22.7 Å². The average molecular weight is 299 g/mol. The van der Waals surface area contributed by atoms with Gasteiger partial charge in [0.05, 0.1) is 19.4 Å². The number of anilines is 1. The van der Waals surface area contributed by atoms with Crippen molar-refractivity contribution in [3.63, 3.8) is 0 Å². The lowest BCUT2D eigenvalue weighted by molar-refractivity contribution is -0.136. The molecule has 1 aromatic carbocycles. The molecular formula is C13H15ClN2O4. The normalized spacial score (nSPS) is 18.4. The van der Waals surface area contributed by atoms with Gasteiger partial charge in [-0.3, -0.25) is 9.59 Å². The zero-order chi connectivity index (χ0) is 14.7. The van der Waals surface area contributed by atoms with Crippen LogP contribution in [0.2, 0.25) is 5.02 Å². The molecular weight excluding hydrogens is 284 g/mol. The first-order valence-electron chi connectivity index (χ1n) is 6.03. The molecule has 2 amide bonds. The van der Waals surface area contributed by atoms with Crippen molar-refractivity contribution in [3.8, 4) is 5.75 Å². The Kier molecular flexibility index (Phi) is 4.46. The predicted octanol–water partition coefficient (Wildman–Crippen LogP) is 1.11. The standard InChI is InChI=1S/C13H15ClN2O4/c1-7-3-9(11(19-2)4-8(7)14)16-13(18)10-5-20-6-12(17)15-10/h3-4,10H,5-6H2,1-2H3,(H,15,17)(H,16,18). The van der Waals surface area contributed by atoms with E-state index in [9.17, 15) is 9.59 Å². The van der Waals surface area contributed by atoms with Crippen LogP contribution in [0.5, 0.6) is 5.75 Å². The zero-order valence-corrected chi connectivity index (χ0v) is 11.9. The van der Waals surface area contributed by atoms with Crippen LogP contribution in [0, 0.1) is 6.92 Å². The summed E-state index contributed by atoms with van der Waals surface area (Å²) in [6.07, 6.45) is 0. The van der Waals surface area contributed by atoms with E-state index in [-0.39, 0.29) is 25.0 Å². The highest BCUT2D eigenvalue weighted by molar-refractivity contribution is 6.31. The van der Waals surface area contributed by atoms with E-state index in [0.29, 0.717) is 16.5 Å². The van der Waals surface area contributed by atoms with Crippen LogP contribution in [0.1, 0.15) is 5.56 Å². The molecule has 2 N–H and O–H groups in total. The highest BCUT2D eigenvalue weighted by Gasteiger charge is 2.26. The number of aryl methyl sites for hydroxylation is 1. The molecule has 1 aromatic rings. The van der Waals surface area contributed by atoms with Crippen LogP contribution < -0.4 is 15.4 Å². The van der Waals surface area contributed by atoms with Crippen LogP contribution in [0.4, 0.5) is 5.69 Å². The van der Waals surface area contributed by atoms with E-state index in [1.807, 2.05) is 6.92 Å². The summed E-state index contributed by atoms with van der Waals surface area (Å²) in [5, 5.41) is 5.81. The van der Waals surface area contributed by atoms with Gasteiger partial charge in [0.1, 0.15) is 18.4 Å². The van der Waals surface area contributed by atoms with Gasteiger partial charge < -0.3 is 20.1 Å². The quantitative estimate of drug-likeness (QED) is 0.876. The maximum Gasteiger partial charge on any atom is 0.249 e. The lowest BCUT2D eigenvalue weighted by Gasteiger charge is -2.23. The number of ether oxygens (including phenoxy) is 2. The number of carbonyl (C=O) groups excluding carboxylic acids is 2. The first-order valence-corrected chi connectivity index (χ1v) is 6.41. The molecule has 1 aliphatic heterocycles. The number of halogens is 1. The number of carbonyl (C=O) groups is 2. The fourth-order valence-electron chi connectivity index (χ4n) is 1.84. The number of amides is 2. The third-order valence-electron chi connectivity index (χ3n) is 2.91. The summed E-state index contributed by atoms with van der Waals surface area (Å²) in [4.78, 5) is 23.3. The fraction of sp³-hybridized carbons (Fsp3) is 0.385. The van der Waals surface area contributed by atoms with Gasteiger partial charge >= 0.3 is 0 Å². The second-order valence-electron chi connectivity index (χ2n) is 4.43. The Morgan fingerprint density at radius 3 is 2.95 bits per heavy atom. The van der Waals surface area contributed by atoms with E-state index in [1.54, 1.807) is 12.1 Å². The third-order valence-corrected chi connectivity index (χ3v) is 3.32. The van der Waals surface area contributed by atoms with Crippen molar-refractivity contribution >= 4 is 29.1 Å². The van der Waals surface area contributed by atoms with Crippen LogP contribution in [0.3, 0.4) is 0 Å². The van der Waals surface area contributed by atoms with Crippen molar-refractivity contribution < 1.29 is 19.1 Å². The van der Waals surface area contributed by atoms with Crippen molar-refractivity contribution in [2.45, 2.75) is 13.0 Å². The molecule has 1 saturated heterocycles. The molecule has 1 unspecified atom stereocenters. The molecule has 0 bridgehead atoms. The van der Waals surface area contributed by atoms with E-state index >= 15 is 0 Å². The Balaban J connectivity index is 2.14. The summed E-state index contributed by atoms with van der Waals surface area (Å²) in [6.45, 7) is 1.95. The molecule has 1 atom stereocenters. The molecule has 1 fully saturated rings. The van der Waals surface area contributed by atoms with Crippen LogP contribution in [-0.4, -0.2) is 38.2 Å². The number of morpholine rings is 1. The van der Waals surface area contributed by atoms with E-state index in [2.05, 4.69) is 10.6 Å². The topological polar surface area (TPSA) is 76.7 Å². The number of rotatable bonds is 3. The molecule has 1 heterocycles. The summed E-state index contributed by atoms with van der Waals surface area (Å²) < 4.78 is 10.2. The molecule has 0 radical (unpaired) electrons. The summed E-state index contributed by atoms with van der Waals surface area (Å²) in [5.41, 5.74) is 1.31. The summed E-state index contributed by atoms with van der Waals surface area (Å²) in [6, 6.07) is 2.63. The van der Waals surface area contributed by atoms with Crippen molar-refractivity contribution in [2.75, 3.05) is 25.6 Å². The van der Waals surface area contributed by atoms with Gasteiger partial charge in [-0.1, -0.05) is 11.6 Å². The highest BCUT2D eigenvalue weighted by atomic mass is 35.5. The van der Waals surface area contributed by atoms with E-state index in [4.69, 9.17) is 21.1 Å².